The van der Waals surface area contributed by atoms with Gasteiger partial charge in [-0.1, -0.05) is 18.2 Å². The van der Waals surface area contributed by atoms with E-state index in [4.69, 9.17) is 4.99 Å². The van der Waals surface area contributed by atoms with Gasteiger partial charge in [-0.15, -0.1) is 24.0 Å². The molecule has 1 aromatic rings. The van der Waals surface area contributed by atoms with Gasteiger partial charge in [0.1, 0.15) is 0 Å². The van der Waals surface area contributed by atoms with Crippen LogP contribution in [0.3, 0.4) is 0 Å². The molecule has 1 aromatic carbocycles. The molecular weight excluding hydrogens is 375 g/mol. The second-order valence-corrected chi connectivity index (χ2v) is 5.19. The van der Waals surface area contributed by atoms with Crippen LogP contribution >= 0.6 is 24.0 Å². The van der Waals surface area contributed by atoms with Crippen LogP contribution in [-0.2, 0) is 0 Å². The number of rotatable bonds is 5. The zero-order valence-electron chi connectivity index (χ0n) is 13.1. The highest BCUT2D eigenvalue weighted by atomic mass is 127. The van der Waals surface area contributed by atoms with Crippen molar-refractivity contribution in [3.8, 4) is 0 Å². The number of nitrogens with zero attached hydrogens (tertiary/aromatic N) is 3. The third-order valence-corrected chi connectivity index (χ3v) is 3.63. The van der Waals surface area contributed by atoms with E-state index in [0.29, 0.717) is 0 Å². The molecule has 1 fully saturated rings. The van der Waals surface area contributed by atoms with Crippen molar-refractivity contribution in [2.24, 2.45) is 4.99 Å². The smallest absolute Gasteiger partial charge is 0.193 e. The Hall–Kier alpha value is -0.980. The van der Waals surface area contributed by atoms with Gasteiger partial charge in [-0.05, 0) is 31.9 Å². The Morgan fingerprint density at radius 3 is 2.52 bits per heavy atom. The first-order valence-corrected chi connectivity index (χ1v) is 7.60. The Labute approximate surface area is 145 Å². The topological polar surface area (TPSA) is 30.9 Å². The van der Waals surface area contributed by atoms with Crippen molar-refractivity contribution in [2.75, 3.05) is 44.7 Å². The van der Waals surface area contributed by atoms with Gasteiger partial charge < -0.3 is 15.1 Å². The summed E-state index contributed by atoms with van der Waals surface area (Å²) < 4.78 is 0. The van der Waals surface area contributed by atoms with Crippen LogP contribution in [-0.4, -0.2) is 50.6 Å². The summed E-state index contributed by atoms with van der Waals surface area (Å²) in [6.45, 7) is 7.10. The number of hydrogen-bond acceptors (Lipinski definition) is 2. The van der Waals surface area contributed by atoms with Crippen LogP contribution in [0.15, 0.2) is 35.3 Å². The molecule has 0 aromatic heterocycles. The molecule has 1 aliphatic heterocycles. The third kappa shape index (κ3) is 5.73. The van der Waals surface area contributed by atoms with Crippen LogP contribution in [0.2, 0.25) is 0 Å². The summed E-state index contributed by atoms with van der Waals surface area (Å²) >= 11 is 0. The van der Waals surface area contributed by atoms with Crippen LogP contribution in [0.1, 0.15) is 19.8 Å². The van der Waals surface area contributed by atoms with Gasteiger partial charge in [0.15, 0.2) is 5.96 Å². The average molecular weight is 402 g/mol. The molecule has 5 heteroatoms. The van der Waals surface area contributed by atoms with E-state index in [9.17, 15) is 0 Å². The van der Waals surface area contributed by atoms with E-state index in [2.05, 4.69) is 53.4 Å². The first kappa shape index (κ1) is 18.1. The number of likely N-dealkylation sites (tertiary alicyclic amines) is 1. The molecule has 4 nitrogen and oxygen atoms in total. The van der Waals surface area contributed by atoms with Gasteiger partial charge in [0.25, 0.3) is 0 Å². The highest BCUT2D eigenvalue weighted by molar-refractivity contribution is 14.0. The monoisotopic (exact) mass is 402 g/mol. The van der Waals surface area contributed by atoms with E-state index >= 15 is 0 Å². The lowest BCUT2D eigenvalue weighted by atomic mass is 10.3. The summed E-state index contributed by atoms with van der Waals surface area (Å²) in [5.74, 6) is 1.08. The van der Waals surface area contributed by atoms with Gasteiger partial charge in [0.2, 0.25) is 0 Å². The highest BCUT2D eigenvalue weighted by Crippen LogP contribution is 2.10. The van der Waals surface area contributed by atoms with Gasteiger partial charge in [0, 0.05) is 38.9 Å². The Bertz CT molecular complexity index is 416. The fraction of sp³-hybridized carbons (Fsp3) is 0.562. The number of nitrogens with one attached hydrogen (secondary N) is 1. The van der Waals surface area contributed by atoms with Gasteiger partial charge in [-0.3, -0.25) is 4.99 Å². The minimum atomic E-state index is 0. The minimum absolute atomic E-state index is 0. The lowest BCUT2D eigenvalue weighted by Gasteiger charge is -2.22. The zero-order valence-corrected chi connectivity index (χ0v) is 15.4. The van der Waals surface area contributed by atoms with Crippen LogP contribution in [0, 0.1) is 0 Å². The Balaban J connectivity index is 0.00000220. The standard InChI is InChI=1S/C16H26N4.HI/c1-3-17-16(20-12-7-8-13-20)18-11-14-19(2)15-9-5-4-6-10-15;/h4-6,9-10H,3,7-8,11-14H2,1-2H3,(H,17,18);1H. The molecule has 0 unspecified atom stereocenters. The molecule has 0 amide bonds. The zero-order chi connectivity index (χ0) is 14.2. The van der Waals surface area contributed by atoms with Crippen LogP contribution in [0.5, 0.6) is 0 Å². The molecule has 0 radical (unpaired) electrons. The van der Waals surface area contributed by atoms with Crippen molar-refractivity contribution in [2.45, 2.75) is 19.8 Å². The maximum absolute atomic E-state index is 4.75. The first-order valence-electron chi connectivity index (χ1n) is 7.60. The number of aliphatic imine (C=N–C) groups is 1. The van der Waals surface area contributed by atoms with Gasteiger partial charge in [0.05, 0.1) is 6.54 Å². The lowest BCUT2D eigenvalue weighted by molar-refractivity contribution is 0.494. The number of anilines is 1. The van der Waals surface area contributed by atoms with Crippen molar-refractivity contribution in [3.05, 3.63) is 30.3 Å². The molecule has 0 bridgehead atoms. The summed E-state index contributed by atoms with van der Waals surface area (Å²) in [6.07, 6.45) is 2.57. The third-order valence-electron chi connectivity index (χ3n) is 3.63. The summed E-state index contributed by atoms with van der Waals surface area (Å²) in [5.41, 5.74) is 1.24. The summed E-state index contributed by atoms with van der Waals surface area (Å²) in [6, 6.07) is 10.5. The molecule has 1 heterocycles. The van der Waals surface area contributed by atoms with E-state index in [1.54, 1.807) is 0 Å². The van der Waals surface area contributed by atoms with E-state index in [-0.39, 0.29) is 24.0 Å². The Kier molecular flexibility index (Phi) is 8.49. The Morgan fingerprint density at radius 2 is 1.90 bits per heavy atom. The number of guanidine groups is 1. The molecule has 0 spiro atoms. The second-order valence-electron chi connectivity index (χ2n) is 5.19. The largest absolute Gasteiger partial charge is 0.373 e. The molecular formula is C16H27IN4. The molecule has 0 saturated carbocycles. The van der Waals surface area contributed by atoms with Crippen molar-refractivity contribution in [3.63, 3.8) is 0 Å². The summed E-state index contributed by atoms with van der Waals surface area (Å²) in [5, 5.41) is 3.40. The normalized spacial score (nSPS) is 14.8. The average Bonchev–Trinajstić information content (AvgIpc) is 3.01. The van der Waals surface area contributed by atoms with Crippen LogP contribution in [0.25, 0.3) is 0 Å². The summed E-state index contributed by atoms with van der Waals surface area (Å²) in [7, 11) is 2.12. The minimum Gasteiger partial charge on any atom is -0.373 e. The number of benzene rings is 1. The van der Waals surface area contributed by atoms with Gasteiger partial charge in [-0.25, -0.2) is 0 Å². The molecule has 1 N–H and O–H groups in total. The van der Waals surface area contributed by atoms with Crippen LogP contribution in [0.4, 0.5) is 5.69 Å². The van der Waals surface area contributed by atoms with E-state index in [0.717, 1.165) is 38.7 Å². The number of likely N-dealkylation sites (N-methyl/N-ethyl adjacent to an activating group) is 1. The second kappa shape index (κ2) is 9.87. The van der Waals surface area contributed by atoms with Gasteiger partial charge in [-0.2, -0.15) is 0 Å². The molecule has 2 rings (SSSR count). The maximum Gasteiger partial charge on any atom is 0.193 e. The predicted molar refractivity (Wildman–Crippen MR) is 102 cm³/mol. The van der Waals surface area contributed by atoms with Crippen molar-refractivity contribution < 1.29 is 0 Å². The number of halogens is 1. The fourth-order valence-corrected chi connectivity index (χ4v) is 2.47. The molecule has 0 atom stereocenters. The summed E-state index contributed by atoms with van der Waals surface area (Å²) in [4.78, 5) is 9.36. The van der Waals surface area contributed by atoms with E-state index < -0.39 is 0 Å². The fourth-order valence-electron chi connectivity index (χ4n) is 2.47. The number of para-hydroxylation sites is 1. The van der Waals surface area contributed by atoms with E-state index in [1.165, 1.54) is 18.5 Å². The molecule has 0 aliphatic carbocycles. The predicted octanol–water partition coefficient (Wildman–Crippen LogP) is 2.80. The van der Waals surface area contributed by atoms with E-state index in [1.807, 2.05) is 6.07 Å². The SMILES string of the molecule is CCNC(=NCCN(C)c1ccccc1)N1CCCC1.I. The molecule has 1 aliphatic rings. The lowest BCUT2D eigenvalue weighted by Crippen LogP contribution is -2.40. The number of hydrogen-bond donors (Lipinski definition) is 1. The van der Waals surface area contributed by atoms with Gasteiger partial charge >= 0.3 is 0 Å². The molecule has 21 heavy (non-hydrogen) atoms. The van der Waals surface area contributed by atoms with Crippen molar-refractivity contribution in [1.82, 2.24) is 10.2 Å². The quantitative estimate of drug-likeness (QED) is 0.467. The van der Waals surface area contributed by atoms with Crippen molar-refractivity contribution >= 4 is 35.6 Å². The van der Waals surface area contributed by atoms with Crippen molar-refractivity contribution in [1.29, 1.82) is 0 Å². The Morgan fingerprint density at radius 1 is 1.24 bits per heavy atom. The first-order chi connectivity index (χ1) is 9.81. The highest BCUT2D eigenvalue weighted by Gasteiger charge is 2.15. The molecule has 118 valence electrons. The maximum atomic E-state index is 4.75. The van der Waals surface area contributed by atoms with Crippen LogP contribution < -0.4 is 10.2 Å². The molecule has 1 saturated heterocycles.